The second-order valence-electron chi connectivity index (χ2n) is 2.63. The molecule has 0 aliphatic carbocycles. The van der Waals surface area contributed by atoms with Gasteiger partial charge in [0.2, 0.25) is 0 Å². The Morgan fingerprint density at radius 2 is 2.08 bits per heavy atom. The number of benzene rings is 1. The highest BCUT2D eigenvalue weighted by Gasteiger charge is 2.09. The quantitative estimate of drug-likeness (QED) is 0.642. The predicted molar refractivity (Wildman–Crippen MR) is 64.5 cm³/mol. The minimum atomic E-state index is 0.743. The van der Waals surface area contributed by atoms with Crippen LogP contribution in [-0.2, 0) is 5.33 Å². The molecule has 0 fully saturated rings. The lowest BCUT2D eigenvalue weighted by molar-refractivity contribution is 1.47. The second-order valence-corrected chi connectivity index (χ2v) is 4.89. The maximum atomic E-state index is 6.18. The highest BCUT2D eigenvalue weighted by Crippen LogP contribution is 2.37. The molecule has 13 heavy (non-hydrogen) atoms. The summed E-state index contributed by atoms with van der Waals surface area (Å²) >= 11 is 17.2. The van der Waals surface area contributed by atoms with E-state index < -0.39 is 0 Å². The van der Waals surface area contributed by atoms with E-state index in [9.17, 15) is 0 Å². The summed E-state index contributed by atoms with van der Waals surface area (Å²) in [6.07, 6.45) is 0. The fourth-order valence-electron chi connectivity index (χ4n) is 1.20. The Kier molecular flexibility index (Phi) is 2.84. The summed E-state index contributed by atoms with van der Waals surface area (Å²) in [6.45, 7) is 0. The van der Waals surface area contributed by atoms with Gasteiger partial charge in [-0.05, 0) is 11.6 Å². The molecule has 0 aliphatic heterocycles. The number of halogens is 3. The smallest absolute Gasteiger partial charge is 0.0606 e. The first-order valence-corrected chi connectivity index (χ1v) is 6.40. The molecule has 0 unspecified atom stereocenters. The maximum absolute atomic E-state index is 6.18. The van der Waals surface area contributed by atoms with Crippen LogP contribution in [0.15, 0.2) is 17.5 Å². The standard InChI is InChI=1S/C9H5BrCl2S/c10-3-5-1-2-7-8(9(5)12)6(11)4-13-7/h1-2,4H,3H2. The molecular weight excluding hydrogens is 291 g/mol. The Labute approximate surface area is 98.6 Å². The van der Waals surface area contributed by atoms with Crippen molar-refractivity contribution < 1.29 is 0 Å². The van der Waals surface area contributed by atoms with Crippen LogP contribution in [0.3, 0.4) is 0 Å². The molecule has 0 saturated heterocycles. The van der Waals surface area contributed by atoms with Gasteiger partial charge in [0.1, 0.15) is 0 Å². The molecule has 0 nitrogen and oxygen atoms in total. The van der Waals surface area contributed by atoms with Crippen molar-refractivity contribution >= 4 is 60.6 Å². The Balaban J connectivity index is 2.83. The molecule has 0 bridgehead atoms. The fourth-order valence-corrected chi connectivity index (χ4v) is 3.48. The van der Waals surface area contributed by atoms with Gasteiger partial charge in [-0.1, -0.05) is 45.2 Å². The van der Waals surface area contributed by atoms with Crippen molar-refractivity contribution in [2.45, 2.75) is 5.33 Å². The van der Waals surface area contributed by atoms with Gasteiger partial charge in [-0.15, -0.1) is 11.3 Å². The van der Waals surface area contributed by atoms with Crippen molar-refractivity contribution in [3.8, 4) is 0 Å². The van der Waals surface area contributed by atoms with Gasteiger partial charge in [0, 0.05) is 20.8 Å². The monoisotopic (exact) mass is 294 g/mol. The largest absolute Gasteiger partial charge is 0.142 e. The van der Waals surface area contributed by atoms with E-state index in [0.717, 1.165) is 31.0 Å². The highest BCUT2D eigenvalue weighted by atomic mass is 79.9. The van der Waals surface area contributed by atoms with Crippen molar-refractivity contribution in [1.29, 1.82) is 0 Å². The molecule has 2 rings (SSSR count). The van der Waals surface area contributed by atoms with E-state index in [-0.39, 0.29) is 0 Å². The van der Waals surface area contributed by atoms with E-state index in [2.05, 4.69) is 15.9 Å². The van der Waals surface area contributed by atoms with E-state index in [1.807, 2.05) is 17.5 Å². The molecular formula is C9H5BrCl2S. The first kappa shape index (κ1) is 9.78. The van der Waals surface area contributed by atoms with E-state index in [4.69, 9.17) is 23.2 Å². The number of rotatable bonds is 1. The van der Waals surface area contributed by atoms with Gasteiger partial charge in [-0.25, -0.2) is 0 Å². The summed E-state index contributed by atoms with van der Waals surface area (Å²) < 4.78 is 1.14. The second kappa shape index (κ2) is 3.77. The van der Waals surface area contributed by atoms with E-state index in [0.29, 0.717) is 0 Å². The van der Waals surface area contributed by atoms with Crippen molar-refractivity contribution in [2.75, 3.05) is 0 Å². The summed E-state index contributed by atoms with van der Waals surface area (Å²) in [5.74, 6) is 0. The highest BCUT2D eigenvalue weighted by molar-refractivity contribution is 9.08. The molecule has 0 aliphatic rings. The summed E-state index contributed by atoms with van der Waals surface area (Å²) in [4.78, 5) is 0. The lowest BCUT2D eigenvalue weighted by Crippen LogP contribution is -1.79. The first-order valence-electron chi connectivity index (χ1n) is 3.64. The third-order valence-corrected chi connectivity index (χ3v) is 4.27. The van der Waals surface area contributed by atoms with Crippen LogP contribution in [0.2, 0.25) is 10.0 Å². The zero-order valence-electron chi connectivity index (χ0n) is 6.48. The third kappa shape index (κ3) is 1.61. The van der Waals surface area contributed by atoms with Crippen molar-refractivity contribution in [2.24, 2.45) is 0 Å². The Morgan fingerprint density at radius 3 is 2.77 bits per heavy atom. The molecule has 1 aromatic carbocycles. The molecule has 0 spiro atoms. The van der Waals surface area contributed by atoms with Crippen LogP contribution >= 0.6 is 50.5 Å². The first-order chi connectivity index (χ1) is 6.24. The summed E-state index contributed by atoms with van der Waals surface area (Å²) in [6, 6.07) is 4.07. The third-order valence-electron chi connectivity index (χ3n) is 1.86. The van der Waals surface area contributed by atoms with Gasteiger partial charge in [-0.3, -0.25) is 0 Å². The van der Waals surface area contributed by atoms with E-state index >= 15 is 0 Å². The minimum absolute atomic E-state index is 0.743. The van der Waals surface area contributed by atoms with Gasteiger partial charge in [0.25, 0.3) is 0 Å². The van der Waals surface area contributed by atoms with Crippen molar-refractivity contribution in [3.05, 3.63) is 33.1 Å². The van der Waals surface area contributed by atoms with Crippen LogP contribution in [0, 0.1) is 0 Å². The Hall–Kier alpha value is 0.240. The fraction of sp³-hybridized carbons (Fsp3) is 0.111. The average molecular weight is 296 g/mol. The average Bonchev–Trinajstić information content (AvgIpc) is 2.49. The number of thiophene rings is 1. The normalized spacial score (nSPS) is 11.0. The van der Waals surface area contributed by atoms with Gasteiger partial charge >= 0.3 is 0 Å². The van der Waals surface area contributed by atoms with Crippen LogP contribution in [-0.4, -0.2) is 0 Å². The SMILES string of the molecule is Clc1csc2ccc(CBr)c(Cl)c12. The van der Waals surface area contributed by atoms with Gasteiger partial charge in [0.15, 0.2) is 0 Å². The van der Waals surface area contributed by atoms with Crippen LogP contribution < -0.4 is 0 Å². The van der Waals surface area contributed by atoms with Gasteiger partial charge in [-0.2, -0.15) is 0 Å². The molecule has 1 heterocycles. The molecule has 0 radical (unpaired) electrons. The Morgan fingerprint density at radius 1 is 1.31 bits per heavy atom. The lowest BCUT2D eigenvalue weighted by Gasteiger charge is -2.01. The lowest BCUT2D eigenvalue weighted by atomic mass is 10.2. The summed E-state index contributed by atoms with van der Waals surface area (Å²) in [5, 5.41) is 5.16. The molecule has 1 aromatic heterocycles. The molecule has 0 saturated carbocycles. The Bertz CT molecular complexity index is 450. The predicted octanol–water partition coefficient (Wildman–Crippen LogP) is 5.10. The summed E-state index contributed by atoms with van der Waals surface area (Å²) in [5.41, 5.74) is 1.08. The molecule has 0 atom stereocenters. The maximum Gasteiger partial charge on any atom is 0.0606 e. The van der Waals surface area contributed by atoms with Crippen LogP contribution in [0.4, 0.5) is 0 Å². The number of hydrogen-bond acceptors (Lipinski definition) is 1. The van der Waals surface area contributed by atoms with E-state index in [1.54, 1.807) is 11.3 Å². The minimum Gasteiger partial charge on any atom is -0.142 e. The zero-order chi connectivity index (χ0) is 9.42. The topological polar surface area (TPSA) is 0 Å². The van der Waals surface area contributed by atoms with Gasteiger partial charge < -0.3 is 0 Å². The van der Waals surface area contributed by atoms with Crippen molar-refractivity contribution in [3.63, 3.8) is 0 Å². The van der Waals surface area contributed by atoms with Crippen LogP contribution in [0.25, 0.3) is 10.1 Å². The number of fused-ring (bicyclic) bond motifs is 1. The summed E-state index contributed by atoms with van der Waals surface area (Å²) in [7, 11) is 0. The molecule has 2 aromatic rings. The van der Waals surface area contributed by atoms with Crippen LogP contribution in [0.5, 0.6) is 0 Å². The van der Waals surface area contributed by atoms with E-state index in [1.165, 1.54) is 0 Å². The van der Waals surface area contributed by atoms with Gasteiger partial charge in [0.05, 0.1) is 10.0 Å². The number of alkyl halides is 1. The molecule has 0 N–H and O–H groups in total. The molecule has 68 valence electrons. The van der Waals surface area contributed by atoms with Crippen molar-refractivity contribution in [1.82, 2.24) is 0 Å². The van der Waals surface area contributed by atoms with Crippen LogP contribution in [0.1, 0.15) is 5.56 Å². The zero-order valence-corrected chi connectivity index (χ0v) is 10.4. The number of hydrogen-bond donors (Lipinski definition) is 0. The molecule has 4 heteroatoms. The molecule has 0 amide bonds.